The standard InChI is InChI=1S/C15H16FN3S/c1-19-7-6-18-15(19)5-4-12(17)14-8-10-2-3-11(16)9-13(10)20-14/h2-3,6-9,12H,4-5,17H2,1H3. The molecule has 3 nitrogen and oxygen atoms in total. The van der Waals surface area contributed by atoms with Crippen molar-refractivity contribution in [2.45, 2.75) is 18.9 Å². The lowest BCUT2D eigenvalue weighted by atomic mass is 10.1. The highest BCUT2D eigenvalue weighted by molar-refractivity contribution is 7.19. The molecule has 0 saturated heterocycles. The number of hydrogen-bond acceptors (Lipinski definition) is 3. The number of aryl methyl sites for hydroxylation is 2. The minimum atomic E-state index is -0.201. The maximum Gasteiger partial charge on any atom is 0.124 e. The topological polar surface area (TPSA) is 43.8 Å². The Balaban J connectivity index is 1.75. The van der Waals surface area contributed by atoms with Gasteiger partial charge in [-0.15, -0.1) is 11.3 Å². The number of aromatic nitrogens is 2. The first-order valence-corrected chi connectivity index (χ1v) is 7.36. The number of rotatable bonds is 4. The molecule has 3 rings (SSSR count). The van der Waals surface area contributed by atoms with E-state index in [4.69, 9.17) is 5.73 Å². The van der Waals surface area contributed by atoms with Gasteiger partial charge in [-0.2, -0.15) is 0 Å². The van der Waals surface area contributed by atoms with Gasteiger partial charge in [0, 0.05) is 41.5 Å². The largest absolute Gasteiger partial charge is 0.338 e. The van der Waals surface area contributed by atoms with Crippen molar-refractivity contribution in [2.24, 2.45) is 12.8 Å². The summed E-state index contributed by atoms with van der Waals surface area (Å²) in [4.78, 5) is 5.39. The average molecular weight is 289 g/mol. The second-order valence-corrected chi connectivity index (χ2v) is 6.05. The van der Waals surface area contributed by atoms with Gasteiger partial charge in [-0.3, -0.25) is 0 Å². The molecule has 2 aromatic heterocycles. The molecule has 0 bridgehead atoms. The van der Waals surface area contributed by atoms with Crippen molar-refractivity contribution in [3.63, 3.8) is 0 Å². The highest BCUT2D eigenvalue weighted by Gasteiger charge is 2.12. The molecule has 0 aliphatic heterocycles. The van der Waals surface area contributed by atoms with Gasteiger partial charge < -0.3 is 10.3 Å². The predicted molar refractivity (Wildman–Crippen MR) is 80.2 cm³/mol. The van der Waals surface area contributed by atoms with Crippen molar-refractivity contribution in [3.8, 4) is 0 Å². The van der Waals surface area contributed by atoms with Gasteiger partial charge in [-0.1, -0.05) is 6.07 Å². The summed E-state index contributed by atoms with van der Waals surface area (Å²) in [6.45, 7) is 0. The monoisotopic (exact) mass is 289 g/mol. The minimum Gasteiger partial charge on any atom is -0.338 e. The van der Waals surface area contributed by atoms with Gasteiger partial charge in [0.15, 0.2) is 0 Å². The van der Waals surface area contributed by atoms with Crippen molar-refractivity contribution in [2.75, 3.05) is 0 Å². The Kier molecular flexibility index (Phi) is 3.54. The van der Waals surface area contributed by atoms with E-state index < -0.39 is 0 Å². The SMILES string of the molecule is Cn1ccnc1CCC(N)c1cc2ccc(F)cc2s1. The summed E-state index contributed by atoms with van der Waals surface area (Å²) < 4.78 is 16.1. The minimum absolute atomic E-state index is 0.0350. The van der Waals surface area contributed by atoms with E-state index in [1.165, 1.54) is 6.07 Å². The molecule has 0 spiro atoms. The van der Waals surface area contributed by atoms with Gasteiger partial charge in [-0.25, -0.2) is 9.37 Å². The molecule has 2 N–H and O–H groups in total. The van der Waals surface area contributed by atoms with Crippen LogP contribution in [-0.2, 0) is 13.5 Å². The number of benzene rings is 1. The van der Waals surface area contributed by atoms with E-state index in [0.717, 1.165) is 33.6 Å². The molecular weight excluding hydrogens is 273 g/mol. The highest BCUT2D eigenvalue weighted by Crippen LogP contribution is 2.31. The third-order valence-electron chi connectivity index (χ3n) is 3.47. The molecule has 0 fully saturated rings. The van der Waals surface area contributed by atoms with E-state index in [1.807, 2.05) is 17.8 Å². The predicted octanol–water partition coefficient (Wildman–Crippen LogP) is 3.41. The van der Waals surface area contributed by atoms with Crippen molar-refractivity contribution in [1.29, 1.82) is 0 Å². The van der Waals surface area contributed by atoms with Crippen molar-refractivity contribution in [1.82, 2.24) is 9.55 Å². The number of fused-ring (bicyclic) bond motifs is 1. The molecule has 2 heterocycles. The van der Waals surface area contributed by atoms with E-state index >= 15 is 0 Å². The van der Waals surface area contributed by atoms with Crippen LogP contribution in [-0.4, -0.2) is 9.55 Å². The Morgan fingerprint density at radius 1 is 1.40 bits per heavy atom. The lowest BCUT2D eigenvalue weighted by Crippen LogP contribution is -2.11. The van der Waals surface area contributed by atoms with E-state index in [9.17, 15) is 4.39 Å². The van der Waals surface area contributed by atoms with Crippen LogP contribution >= 0.6 is 11.3 Å². The van der Waals surface area contributed by atoms with Crippen LogP contribution in [0.4, 0.5) is 4.39 Å². The van der Waals surface area contributed by atoms with Crippen LogP contribution in [0.3, 0.4) is 0 Å². The van der Waals surface area contributed by atoms with Gasteiger partial charge in [0.2, 0.25) is 0 Å². The number of halogens is 1. The fraction of sp³-hybridized carbons (Fsp3) is 0.267. The zero-order chi connectivity index (χ0) is 14.1. The van der Waals surface area contributed by atoms with Gasteiger partial charge in [0.25, 0.3) is 0 Å². The van der Waals surface area contributed by atoms with Crippen LogP contribution in [0.25, 0.3) is 10.1 Å². The number of imidazole rings is 1. The van der Waals surface area contributed by atoms with Crippen LogP contribution in [0, 0.1) is 5.82 Å². The van der Waals surface area contributed by atoms with Crippen molar-refractivity contribution in [3.05, 3.63) is 53.2 Å². The van der Waals surface area contributed by atoms with Crippen LogP contribution < -0.4 is 5.73 Å². The molecule has 0 aliphatic carbocycles. The van der Waals surface area contributed by atoms with E-state index in [1.54, 1.807) is 29.7 Å². The lowest BCUT2D eigenvalue weighted by Gasteiger charge is -2.08. The van der Waals surface area contributed by atoms with E-state index in [2.05, 4.69) is 11.1 Å². The molecule has 0 amide bonds. The summed E-state index contributed by atoms with van der Waals surface area (Å²) in [5, 5.41) is 1.05. The smallest absolute Gasteiger partial charge is 0.124 e. The maximum absolute atomic E-state index is 13.2. The second kappa shape index (κ2) is 5.34. The Morgan fingerprint density at radius 3 is 3.00 bits per heavy atom. The summed E-state index contributed by atoms with van der Waals surface area (Å²) in [5.41, 5.74) is 6.24. The van der Waals surface area contributed by atoms with Crippen molar-refractivity contribution < 1.29 is 4.39 Å². The average Bonchev–Trinajstić information content (AvgIpc) is 3.01. The molecule has 104 valence electrons. The van der Waals surface area contributed by atoms with Gasteiger partial charge >= 0.3 is 0 Å². The van der Waals surface area contributed by atoms with E-state index in [0.29, 0.717) is 0 Å². The number of thiophene rings is 1. The first-order chi connectivity index (χ1) is 9.63. The summed E-state index contributed by atoms with van der Waals surface area (Å²) in [7, 11) is 1.98. The van der Waals surface area contributed by atoms with Crippen LogP contribution in [0.2, 0.25) is 0 Å². The molecule has 1 atom stereocenters. The molecule has 5 heteroatoms. The van der Waals surface area contributed by atoms with Gasteiger partial charge in [0.05, 0.1) is 0 Å². The molecule has 0 aliphatic rings. The molecule has 0 saturated carbocycles. The summed E-state index contributed by atoms with van der Waals surface area (Å²) in [5.74, 6) is 0.833. The zero-order valence-electron chi connectivity index (χ0n) is 11.2. The zero-order valence-corrected chi connectivity index (χ0v) is 12.0. The highest BCUT2D eigenvalue weighted by atomic mass is 32.1. The third kappa shape index (κ3) is 2.59. The summed E-state index contributed by atoms with van der Waals surface area (Å²) in [6, 6.07) is 6.87. The van der Waals surface area contributed by atoms with Crippen LogP contribution in [0.1, 0.15) is 23.2 Å². The summed E-state index contributed by atoms with van der Waals surface area (Å²) in [6.07, 6.45) is 5.40. The molecule has 1 aromatic carbocycles. The Hall–Kier alpha value is -1.72. The third-order valence-corrected chi connectivity index (χ3v) is 4.70. The fourth-order valence-corrected chi connectivity index (χ4v) is 3.40. The molecule has 20 heavy (non-hydrogen) atoms. The first-order valence-electron chi connectivity index (χ1n) is 6.54. The first kappa shape index (κ1) is 13.3. The number of hydrogen-bond donors (Lipinski definition) is 1. The Labute approximate surface area is 120 Å². The van der Waals surface area contributed by atoms with Crippen LogP contribution in [0.15, 0.2) is 36.7 Å². The fourth-order valence-electron chi connectivity index (χ4n) is 2.27. The lowest BCUT2D eigenvalue weighted by molar-refractivity contribution is 0.629. The number of nitrogens with zero attached hydrogens (tertiary/aromatic N) is 2. The van der Waals surface area contributed by atoms with Gasteiger partial charge in [-0.05, 0) is 30.0 Å². The molecular formula is C15H16FN3S. The molecule has 1 unspecified atom stereocenters. The Morgan fingerprint density at radius 2 is 2.25 bits per heavy atom. The van der Waals surface area contributed by atoms with Crippen LogP contribution in [0.5, 0.6) is 0 Å². The number of nitrogens with two attached hydrogens (primary N) is 1. The van der Waals surface area contributed by atoms with Gasteiger partial charge in [0.1, 0.15) is 11.6 Å². The quantitative estimate of drug-likeness (QED) is 0.800. The Bertz CT molecular complexity index is 732. The molecule has 3 aromatic rings. The summed E-state index contributed by atoms with van der Waals surface area (Å²) >= 11 is 1.57. The normalized spacial score (nSPS) is 12.9. The maximum atomic E-state index is 13.2. The van der Waals surface area contributed by atoms with Crippen molar-refractivity contribution >= 4 is 21.4 Å². The second-order valence-electron chi connectivity index (χ2n) is 4.93. The van der Waals surface area contributed by atoms with E-state index in [-0.39, 0.29) is 11.9 Å². The molecule has 0 radical (unpaired) electrons.